The van der Waals surface area contributed by atoms with E-state index in [1.807, 2.05) is 17.8 Å². The molecule has 218 valence electrons. The van der Waals surface area contributed by atoms with Gasteiger partial charge in [0.15, 0.2) is 0 Å². The summed E-state index contributed by atoms with van der Waals surface area (Å²) in [5.74, 6) is 1.89. The van der Waals surface area contributed by atoms with E-state index in [9.17, 15) is 4.79 Å². The van der Waals surface area contributed by atoms with Crippen molar-refractivity contribution in [3.05, 3.63) is 58.6 Å². The van der Waals surface area contributed by atoms with Crippen molar-refractivity contribution in [1.29, 1.82) is 0 Å². The lowest BCUT2D eigenvalue weighted by Gasteiger charge is -2.23. The Kier molecular flexibility index (Phi) is 8.75. The van der Waals surface area contributed by atoms with Crippen LogP contribution in [0.2, 0.25) is 0 Å². The third-order valence-electron chi connectivity index (χ3n) is 9.43. The maximum absolute atomic E-state index is 13.4. The molecule has 3 heterocycles. The molecule has 4 aromatic rings. The Balaban J connectivity index is 1.24. The van der Waals surface area contributed by atoms with E-state index in [2.05, 4.69) is 43.3 Å². The van der Waals surface area contributed by atoms with Crippen molar-refractivity contribution in [2.75, 3.05) is 19.8 Å². The van der Waals surface area contributed by atoms with Crippen LogP contribution in [0.5, 0.6) is 5.75 Å². The molecule has 1 aliphatic carbocycles. The van der Waals surface area contributed by atoms with Crippen molar-refractivity contribution < 1.29 is 9.47 Å². The van der Waals surface area contributed by atoms with Crippen LogP contribution in [0.25, 0.3) is 33.1 Å². The molecule has 2 aromatic carbocycles. The van der Waals surface area contributed by atoms with Crippen molar-refractivity contribution in [3.8, 4) is 16.9 Å². The molecule has 2 aromatic heterocycles. The molecular weight excluding hydrogens is 510 g/mol. The van der Waals surface area contributed by atoms with Crippen molar-refractivity contribution >= 4 is 21.9 Å². The second-order valence-corrected chi connectivity index (χ2v) is 12.2. The normalized spacial score (nSPS) is 18.9. The average Bonchev–Trinajstić information content (AvgIpc) is 3.26. The Morgan fingerprint density at radius 2 is 1.76 bits per heavy atom. The molecule has 6 nitrogen and oxygen atoms in total. The summed E-state index contributed by atoms with van der Waals surface area (Å²) in [7, 11) is 1.84. The molecule has 1 atom stereocenters. The summed E-state index contributed by atoms with van der Waals surface area (Å²) in [5.41, 5.74) is 6.24. The van der Waals surface area contributed by atoms with Gasteiger partial charge < -0.3 is 9.47 Å². The number of ether oxygens (including phenoxy) is 2. The number of hydrogen-bond acceptors (Lipinski definition) is 4. The molecule has 1 unspecified atom stereocenters. The quantitative estimate of drug-likeness (QED) is 0.207. The minimum absolute atomic E-state index is 0.000449. The first-order chi connectivity index (χ1) is 20.1. The second-order valence-electron chi connectivity index (χ2n) is 12.2. The van der Waals surface area contributed by atoms with Crippen LogP contribution in [0.15, 0.2) is 47.4 Å². The Labute approximate surface area is 243 Å². The predicted octanol–water partition coefficient (Wildman–Crippen LogP) is 7.99. The number of aryl methyl sites for hydroxylation is 2. The van der Waals surface area contributed by atoms with Gasteiger partial charge in [-0.25, -0.2) is 4.79 Å². The number of rotatable bonds is 8. The molecule has 2 fully saturated rings. The molecular formula is C35H45N3O3. The summed E-state index contributed by atoms with van der Waals surface area (Å²) in [5, 5.41) is 1.01. The molecule has 0 spiro atoms. The van der Waals surface area contributed by atoms with Gasteiger partial charge in [-0.2, -0.15) is 0 Å². The fourth-order valence-corrected chi connectivity index (χ4v) is 7.03. The highest BCUT2D eigenvalue weighted by molar-refractivity contribution is 6.04. The van der Waals surface area contributed by atoms with Crippen LogP contribution in [-0.2, 0) is 18.2 Å². The molecule has 0 radical (unpaired) electrons. The van der Waals surface area contributed by atoms with Crippen molar-refractivity contribution in [2.45, 2.75) is 90.0 Å². The Bertz CT molecular complexity index is 1540. The van der Waals surface area contributed by atoms with Crippen LogP contribution >= 0.6 is 0 Å². The summed E-state index contributed by atoms with van der Waals surface area (Å²) in [6, 6.07) is 13.1. The molecule has 1 aliphatic heterocycles. The van der Waals surface area contributed by atoms with Crippen molar-refractivity contribution in [3.63, 3.8) is 0 Å². The lowest BCUT2D eigenvalue weighted by atomic mass is 9.88. The standard InChI is InChI=1S/C35H45N3O3/c1-3-26-21-27(16-18-33(26)41-20-9-13-25-11-7-5-4-6-8-12-25)28-15-17-31-30(22-28)34-32(23-36-31)37(2)35(39)38(34)29-14-10-19-40-24-29/h15-18,21-23,25,29H,3-14,19-20,24H2,1-2H3. The number of fused-ring (bicyclic) bond motifs is 3. The molecule has 6 rings (SSSR count). The summed E-state index contributed by atoms with van der Waals surface area (Å²) in [6.07, 6.45) is 17.0. The second kappa shape index (κ2) is 12.8. The minimum Gasteiger partial charge on any atom is -0.493 e. The number of pyridine rings is 1. The van der Waals surface area contributed by atoms with Crippen molar-refractivity contribution in [2.24, 2.45) is 13.0 Å². The molecule has 1 saturated heterocycles. The predicted molar refractivity (Wildman–Crippen MR) is 167 cm³/mol. The third-order valence-corrected chi connectivity index (χ3v) is 9.43. The van der Waals surface area contributed by atoms with Gasteiger partial charge in [-0.1, -0.05) is 64.0 Å². The number of nitrogens with zero attached hydrogens (tertiary/aromatic N) is 3. The zero-order chi connectivity index (χ0) is 28.2. The molecule has 1 saturated carbocycles. The van der Waals surface area contributed by atoms with E-state index >= 15 is 0 Å². The first-order valence-electron chi connectivity index (χ1n) is 16.0. The Morgan fingerprint density at radius 3 is 2.54 bits per heavy atom. The van der Waals surface area contributed by atoms with Gasteiger partial charge in [-0.3, -0.25) is 14.1 Å². The first kappa shape index (κ1) is 28.0. The van der Waals surface area contributed by atoms with E-state index in [0.717, 1.165) is 83.6 Å². The van der Waals surface area contributed by atoms with Gasteiger partial charge in [-0.15, -0.1) is 0 Å². The summed E-state index contributed by atoms with van der Waals surface area (Å²) >= 11 is 0. The fraction of sp³-hybridized carbons (Fsp3) is 0.543. The zero-order valence-electron chi connectivity index (χ0n) is 24.9. The number of hydrogen-bond donors (Lipinski definition) is 0. The van der Waals surface area contributed by atoms with Gasteiger partial charge in [-0.05, 0) is 79.0 Å². The third kappa shape index (κ3) is 5.94. The molecule has 0 bridgehead atoms. The van der Waals surface area contributed by atoms with Crippen LogP contribution in [0.3, 0.4) is 0 Å². The maximum atomic E-state index is 13.4. The average molecular weight is 556 g/mol. The lowest BCUT2D eigenvalue weighted by Crippen LogP contribution is -2.31. The summed E-state index contributed by atoms with van der Waals surface area (Å²) in [4.78, 5) is 18.1. The summed E-state index contributed by atoms with van der Waals surface area (Å²) in [6.45, 7) is 4.33. The minimum atomic E-state index is -0.000449. The van der Waals surface area contributed by atoms with Gasteiger partial charge in [0.1, 0.15) is 5.75 Å². The Morgan fingerprint density at radius 1 is 0.976 bits per heavy atom. The topological polar surface area (TPSA) is 58.3 Å². The largest absolute Gasteiger partial charge is 0.493 e. The smallest absolute Gasteiger partial charge is 0.329 e. The van der Waals surface area contributed by atoms with Crippen LogP contribution < -0.4 is 10.4 Å². The Hall–Kier alpha value is -3.12. The van der Waals surface area contributed by atoms with Crippen molar-refractivity contribution in [1.82, 2.24) is 14.1 Å². The maximum Gasteiger partial charge on any atom is 0.329 e. The SMILES string of the molecule is CCc1cc(-c2ccc3ncc4c(c3c2)n(C2CCCOC2)c(=O)n4C)ccc1OCCCC1CCCCCCC1. The van der Waals surface area contributed by atoms with Gasteiger partial charge >= 0.3 is 5.69 Å². The van der Waals surface area contributed by atoms with Gasteiger partial charge in [0, 0.05) is 19.0 Å². The van der Waals surface area contributed by atoms with Gasteiger partial charge in [0.2, 0.25) is 0 Å². The highest BCUT2D eigenvalue weighted by Crippen LogP contribution is 2.33. The molecule has 2 aliphatic rings. The molecule has 6 heteroatoms. The monoisotopic (exact) mass is 555 g/mol. The van der Waals surface area contributed by atoms with Gasteiger partial charge in [0.05, 0.1) is 42.0 Å². The summed E-state index contributed by atoms with van der Waals surface area (Å²) < 4.78 is 15.8. The molecule has 41 heavy (non-hydrogen) atoms. The van der Waals surface area contributed by atoms with Crippen LogP contribution in [0, 0.1) is 5.92 Å². The van der Waals surface area contributed by atoms with E-state index in [1.54, 1.807) is 4.57 Å². The number of aromatic nitrogens is 3. The van der Waals surface area contributed by atoms with E-state index in [0.29, 0.717) is 6.61 Å². The highest BCUT2D eigenvalue weighted by atomic mass is 16.5. The molecule has 0 N–H and O–H groups in total. The van der Waals surface area contributed by atoms with Crippen LogP contribution in [0.1, 0.15) is 89.2 Å². The molecule has 0 amide bonds. The van der Waals surface area contributed by atoms with E-state index in [4.69, 9.17) is 14.5 Å². The highest BCUT2D eigenvalue weighted by Gasteiger charge is 2.24. The van der Waals surface area contributed by atoms with E-state index in [1.165, 1.54) is 56.9 Å². The van der Waals surface area contributed by atoms with Gasteiger partial charge in [0.25, 0.3) is 0 Å². The van der Waals surface area contributed by atoms with Crippen LogP contribution in [-0.4, -0.2) is 33.9 Å². The fourth-order valence-electron chi connectivity index (χ4n) is 7.03. The lowest BCUT2D eigenvalue weighted by molar-refractivity contribution is 0.0593. The van der Waals surface area contributed by atoms with Crippen LogP contribution in [0.4, 0.5) is 0 Å². The van der Waals surface area contributed by atoms with E-state index < -0.39 is 0 Å². The van der Waals surface area contributed by atoms with E-state index in [-0.39, 0.29) is 11.7 Å². The first-order valence-corrected chi connectivity index (χ1v) is 16.0. The zero-order valence-corrected chi connectivity index (χ0v) is 24.9. The number of benzene rings is 2. The number of imidazole rings is 1.